The van der Waals surface area contributed by atoms with Gasteiger partial charge in [0.1, 0.15) is 0 Å². The summed E-state index contributed by atoms with van der Waals surface area (Å²) in [6.45, 7) is 5.15. The van der Waals surface area contributed by atoms with Gasteiger partial charge in [-0.05, 0) is 29.7 Å². The molecule has 3 rings (SSSR count). The van der Waals surface area contributed by atoms with E-state index in [9.17, 15) is 4.79 Å². The summed E-state index contributed by atoms with van der Waals surface area (Å²) in [7, 11) is 0. The zero-order valence-electron chi connectivity index (χ0n) is 15.2. The van der Waals surface area contributed by atoms with Gasteiger partial charge in [0.15, 0.2) is 0 Å². The monoisotopic (exact) mass is 348 g/mol. The van der Waals surface area contributed by atoms with Gasteiger partial charge in [-0.3, -0.25) is 14.8 Å². The van der Waals surface area contributed by atoms with E-state index in [1.165, 1.54) is 0 Å². The van der Waals surface area contributed by atoms with Crippen LogP contribution >= 0.6 is 0 Å². The van der Waals surface area contributed by atoms with Crippen LogP contribution in [0.1, 0.15) is 37.0 Å². The Morgan fingerprint density at radius 1 is 1.15 bits per heavy atom. The average Bonchev–Trinajstić information content (AvgIpc) is 2.68. The number of carbonyl (C=O) groups excluding carboxylic acids is 1. The highest BCUT2D eigenvalue weighted by Gasteiger charge is 2.15. The first-order valence-corrected chi connectivity index (χ1v) is 9.00. The molecule has 0 fully saturated rings. The van der Waals surface area contributed by atoms with Gasteiger partial charge in [-0.1, -0.05) is 38.8 Å². The lowest BCUT2D eigenvalue weighted by atomic mass is 10.0. The van der Waals surface area contributed by atoms with E-state index in [1.54, 1.807) is 12.4 Å². The highest BCUT2D eigenvalue weighted by atomic mass is 16.1. The number of anilines is 1. The third-order valence-electron chi connectivity index (χ3n) is 4.85. The quantitative estimate of drug-likeness (QED) is 0.669. The van der Waals surface area contributed by atoms with E-state index in [0.717, 1.165) is 47.1 Å². The molecule has 0 aliphatic carbocycles. The molecule has 26 heavy (non-hydrogen) atoms. The molecule has 1 aromatic carbocycles. The molecule has 2 aromatic heterocycles. The number of fused-ring (bicyclic) bond motifs is 1. The van der Waals surface area contributed by atoms with E-state index in [-0.39, 0.29) is 0 Å². The smallest absolute Gasteiger partial charge is 0.252 e. The van der Waals surface area contributed by atoms with Crippen LogP contribution in [0, 0.1) is 5.92 Å². The Kier molecular flexibility index (Phi) is 5.46. The maximum Gasteiger partial charge on any atom is 0.252 e. The molecule has 1 amide bonds. The van der Waals surface area contributed by atoms with Gasteiger partial charge < -0.3 is 11.1 Å². The van der Waals surface area contributed by atoms with Crippen LogP contribution in [0.4, 0.5) is 5.69 Å². The first-order chi connectivity index (χ1) is 12.6. The normalized spacial score (nSPS) is 11.0. The van der Waals surface area contributed by atoms with Crippen LogP contribution in [-0.4, -0.2) is 22.4 Å². The summed E-state index contributed by atoms with van der Waals surface area (Å²) < 4.78 is 0. The van der Waals surface area contributed by atoms with Crippen molar-refractivity contribution in [3.05, 3.63) is 54.5 Å². The van der Waals surface area contributed by atoms with E-state index in [2.05, 4.69) is 29.1 Å². The minimum absolute atomic E-state index is 0.423. The molecule has 5 nitrogen and oxygen atoms in total. The second-order valence-corrected chi connectivity index (χ2v) is 6.45. The summed E-state index contributed by atoms with van der Waals surface area (Å²) in [6.07, 6.45) is 7.30. The van der Waals surface area contributed by atoms with E-state index < -0.39 is 5.91 Å². The van der Waals surface area contributed by atoms with Crippen LogP contribution < -0.4 is 11.1 Å². The van der Waals surface area contributed by atoms with Crippen molar-refractivity contribution in [1.29, 1.82) is 0 Å². The van der Waals surface area contributed by atoms with Gasteiger partial charge in [-0.25, -0.2) is 0 Å². The van der Waals surface area contributed by atoms with E-state index in [1.807, 2.05) is 36.5 Å². The van der Waals surface area contributed by atoms with Crippen molar-refractivity contribution in [3.8, 4) is 11.1 Å². The van der Waals surface area contributed by atoms with Crippen LogP contribution in [-0.2, 0) is 0 Å². The van der Waals surface area contributed by atoms with E-state index >= 15 is 0 Å². The second kappa shape index (κ2) is 7.95. The molecule has 0 unspecified atom stereocenters. The standard InChI is InChI=1S/C21H24N4O/c1-3-14(4-2)11-25-20-17-10-15(16-6-5-9-23-12-16)7-8-19(17)24-13-18(20)21(22)26/h5-10,12-14H,3-4,11H2,1-2H3,(H2,22,26)(H,24,25). The molecule has 2 heterocycles. The number of hydrogen-bond donors (Lipinski definition) is 2. The fraction of sp³-hybridized carbons (Fsp3) is 0.286. The Balaban J connectivity index is 2.10. The Morgan fingerprint density at radius 3 is 2.62 bits per heavy atom. The van der Waals surface area contributed by atoms with Crippen molar-refractivity contribution >= 4 is 22.5 Å². The van der Waals surface area contributed by atoms with Crippen molar-refractivity contribution in [3.63, 3.8) is 0 Å². The molecular weight excluding hydrogens is 324 g/mol. The van der Waals surface area contributed by atoms with Gasteiger partial charge in [0, 0.05) is 36.1 Å². The maximum absolute atomic E-state index is 11.9. The van der Waals surface area contributed by atoms with Gasteiger partial charge in [0.05, 0.1) is 16.8 Å². The van der Waals surface area contributed by atoms with Crippen molar-refractivity contribution in [1.82, 2.24) is 9.97 Å². The summed E-state index contributed by atoms with van der Waals surface area (Å²) in [6, 6.07) is 9.94. The molecule has 0 saturated carbocycles. The summed E-state index contributed by atoms with van der Waals surface area (Å²) >= 11 is 0. The van der Waals surface area contributed by atoms with Crippen LogP contribution in [0.25, 0.3) is 22.0 Å². The Labute approximate surface area is 153 Å². The minimum Gasteiger partial charge on any atom is -0.384 e. The van der Waals surface area contributed by atoms with Crippen LogP contribution in [0.2, 0.25) is 0 Å². The maximum atomic E-state index is 11.9. The fourth-order valence-corrected chi connectivity index (χ4v) is 3.11. The molecule has 3 N–H and O–H groups in total. The number of amides is 1. The first-order valence-electron chi connectivity index (χ1n) is 9.00. The molecular formula is C21H24N4O. The van der Waals surface area contributed by atoms with E-state index in [0.29, 0.717) is 11.5 Å². The lowest BCUT2D eigenvalue weighted by molar-refractivity contribution is 0.100. The predicted molar refractivity (Wildman–Crippen MR) is 106 cm³/mol. The average molecular weight is 348 g/mol. The number of nitrogens with two attached hydrogens (primary N) is 1. The molecule has 0 saturated heterocycles. The first kappa shape index (κ1) is 17.9. The second-order valence-electron chi connectivity index (χ2n) is 6.45. The molecule has 0 bridgehead atoms. The fourth-order valence-electron chi connectivity index (χ4n) is 3.11. The number of primary amides is 1. The zero-order valence-corrected chi connectivity index (χ0v) is 15.2. The Morgan fingerprint density at radius 2 is 1.96 bits per heavy atom. The highest BCUT2D eigenvalue weighted by molar-refractivity contribution is 6.07. The summed E-state index contributed by atoms with van der Waals surface area (Å²) in [5.41, 5.74) is 9.66. The van der Waals surface area contributed by atoms with Gasteiger partial charge in [0.2, 0.25) is 0 Å². The van der Waals surface area contributed by atoms with Gasteiger partial charge in [0.25, 0.3) is 5.91 Å². The number of nitrogens with zero attached hydrogens (tertiary/aromatic N) is 2. The van der Waals surface area contributed by atoms with Crippen molar-refractivity contribution in [2.24, 2.45) is 11.7 Å². The third-order valence-corrected chi connectivity index (χ3v) is 4.85. The molecule has 0 radical (unpaired) electrons. The SMILES string of the molecule is CCC(CC)CNc1c(C(N)=O)cnc2ccc(-c3cccnc3)cc12. The predicted octanol–water partition coefficient (Wildman–Crippen LogP) is 4.24. The number of nitrogens with one attached hydrogen (secondary N) is 1. The molecule has 0 aliphatic rings. The Bertz CT molecular complexity index is 905. The van der Waals surface area contributed by atoms with Crippen molar-refractivity contribution < 1.29 is 4.79 Å². The molecule has 3 aromatic rings. The third kappa shape index (κ3) is 3.67. The largest absolute Gasteiger partial charge is 0.384 e. The lowest BCUT2D eigenvalue weighted by Crippen LogP contribution is -2.18. The molecule has 0 atom stereocenters. The lowest BCUT2D eigenvalue weighted by Gasteiger charge is -2.18. The molecule has 134 valence electrons. The van der Waals surface area contributed by atoms with Crippen molar-refractivity contribution in [2.45, 2.75) is 26.7 Å². The number of hydrogen-bond acceptors (Lipinski definition) is 4. The highest BCUT2D eigenvalue weighted by Crippen LogP contribution is 2.30. The number of aromatic nitrogens is 2. The van der Waals surface area contributed by atoms with Crippen LogP contribution in [0.5, 0.6) is 0 Å². The number of benzene rings is 1. The number of carbonyl (C=O) groups is 1. The van der Waals surface area contributed by atoms with Gasteiger partial charge in [-0.2, -0.15) is 0 Å². The summed E-state index contributed by atoms with van der Waals surface area (Å²) in [5, 5.41) is 4.36. The van der Waals surface area contributed by atoms with Crippen LogP contribution in [0.3, 0.4) is 0 Å². The molecule has 0 spiro atoms. The summed E-state index contributed by atoms with van der Waals surface area (Å²) in [5.74, 6) is 0.0682. The van der Waals surface area contributed by atoms with Crippen molar-refractivity contribution in [2.75, 3.05) is 11.9 Å². The number of pyridine rings is 2. The van der Waals surface area contributed by atoms with Gasteiger partial charge >= 0.3 is 0 Å². The minimum atomic E-state index is -0.474. The topological polar surface area (TPSA) is 80.9 Å². The summed E-state index contributed by atoms with van der Waals surface area (Å²) in [4.78, 5) is 20.5. The van der Waals surface area contributed by atoms with Gasteiger partial charge in [-0.15, -0.1) is 0 Å². The van der Waals surface area contributed by atoms with Crippen LogP contribution in [0.15, 0.2) is 48.9 Å². The molecule has 0 aliphatic heterocycles. The zero-order chi connectivity index (χ0) is 18.5. The molecule has 5 heteroatoms. The number of rotatable bonds is 7. The Hall–Kier alpha value is -2.95. The van der Waals surface area contributed by atoms with E-state index in [4.69, 9.17) is 5.73 Å².